The van der Waals surface area contributed by atoms with Crippen LogP contribution in [0.2, 0.25) is 0 Å². The van der Waals surface area contributed by atoms with Crippen molar-refractivity contribution in [1.82, 2.24) is 0 Å². The van der Waals surface area contributed by atoms with Crippen LogP contribution in [0, 0.1) is 36.0 Å². The Morgan fingerprint density at radius 1 is 1.21 bits per heavy atom. The van der Waals surface area contributed by atoms with Crippen molar-refractivity contribution < 1.29 is 22.3 Å². The molecule has 0 fully saturated rings. The average molecular weight is 391 g/mol. The molecule has 2 N–H and O–H groups in total. The molecule has 28 heavy (non-hydrogen) atoms. The minimum Gasteiger partial charge on any atom is -0.406 e. The fourth-order valence-corrected chi connectivity index (χ4v) is 2.94. The van der Waals surface area contributed by atoms with Crippen LogP contribution >= 0.6 is 0 Å². The van der Waals surface area contributed by atoms with E-state index in [4.69, 9.17) is 5.73 Å². The zero-order valence-electron chi connectivity index (χ0n) is 15.4. The van der Waals surface area contributed by atoms with Crippen molar-refractivity contribution in [3.05, 3.63) is 46.8 Å². The Labute approximate surface area is 160 Å². The van der Waals surface area contributed by atoms with E-state index in [1.54, 1.807) is 27.0 Å². The van der Waals surface area contributed by atoms with Gasteiger partial charge in [0, 0.05) is 31.3 Å². The molecule has 0 heterocycles. The van der Waals surface area contributed by atoms with Crippen LogP contribution in [-0.4, -0.2) is 13.4 Å². The number of hydrogen-bond donors (Lipinski definition) is 1. The predicted octanol–water partition coefficient (Wildman–Crippen LogP) is 4.45. The number of alkyl halides is 3. The molecule has 0 amide bonds. The Balaban J connectivity index is 2.71. The van der Waals surface area contributed by atoms with Gasteiger partial charge in [0.2, 0.25) is 0 Å². The largest absolute Gasteiger partial charge is 0.573 e. The molecule has 0 atom stereocenters. The molecule has 0 aromatic heterocycles. The Bertz CT molecular complexity index is 998. The molecule has 2 aromatic carbocycles. The first-order chi connectivity index (χ1) is 13.1. The zero-order valence-corrected chi connectivity index (χ0v) is 15.4. The number of nitriles is 1. The van der Waals surface area contributed by atoms with E-state index >= 15 is 0 Å². The fourth-order valence-electron chi connectivity index (χ4n) is 2.94. The molecule has 0 aliphatic heterocycles. The third-order valence-electron chi connectivity index (χ3n) is 4.05. The number of nitrogens with zero attached hydrogens (tertiary/aromatic N) is 2. The normalized spacial score (nSPS) is 10.7. The third-order valence-corrected chi connectivity index (χ3v) is 4.05. The van der Waals surface area contributed by atoms with Crippen molar-refractivity contribution in [3.63, 3.8) is 0 Å². The second-order valence-electron chi connectivity index (χ2n) is 5.86. The minimum absolute atomic E-state index is 0.0213. The molecule has 2 rings (SSSR count). The summed E-state index contributed by atoms with van der Waals surface area (Å²) >= 11 is 0. The zero-order chi connectivity index (χ0) is 21.1. The van der Waals surface area contributed by atoms with Gasteiger partial charge in [-0.15, -0.1) is 13.2 Å². The lowest BCUT2D eigenvalue weighted by molar-refractivity contribution is -0.274. The van der Waals surface area contributed by atoms with Crippen LogP contribution in [0.1, 0.15) is 23.6 Å². The molecule has 0 unspecified atom stereocenters. The number of nitrogens with two attached hydrogens (primary N) is 1. The maximum absolute atomic E-state index is 14.6. The lowest BCUT2D eigenvalue weighted by atomic mass is 9.91. The van der Waals surface area contributed by atoms with Crippen LogP contribution in [0.4, 0.5) is 23.2 Å². The quantitative estimate of drug-likeness (QED) is 0.475. The number of anilines is 1. The van der Waals surface area contributed by atoms with E-state index in [1.165, 1.54) is 11.0 Å². The third kappa shape index (κ3) is 4.36. The lowest BCUT2D eigenvalue weighted by Crippen LogP contribution is -2.17. The topological polar surface area (TPSA) is 62.3 Å². The molecule has 0 radical (unpaired) electrons. The van der Waals surface area contributed by atoms with Crippen molar-refractivity contribution >= 4 is 5.69 Å². The summed E-state index contributed by atoms with van der Waals surface area (Å²) < 4.78 is 55.4. The van der Waals surface area contributed by atoms with E-state index in [0.717, 1.165) is 6.07 Å². The maximum Gasteiger partial charge on any atom is 0.573 e. The van der Waals surface area contributed by atoms with E-state index in [-0.39, 0.29) is 12.1 Å². The van der Waals surface area contributed by atoms with Gasteiger partial charge in [-0.2, -0.15) is 5.26 Å². The van der Waals surface area contributed by atoms with Crippen molar-refractivity contribution in [2.45, 2.75) is 26.8 Å². The molecule has 8 heteroatoms. The monoisotopic (exact) mass is 391 g/mol. The standard InChI is InChI=1S/C20H17F4N3O/c1-4-7-27(3)19-12(2)16(8-13(10-25)17(19)11-26)15-6-5-14(9-18(15)21)28-20(22,23)24/h5-6,8-9H,10,25H2,1-3H3. The molecule has 146 valence electrons. The highest BCUT2D eigenvalue weighted by atomic mass is 19.4. The van der Waals surface area contributed by atoms with Gasteiger partial charge in [0.25, 0.3) is 0 Å². The average Bonchev–Trinajstić information content (AvgIpc) is 2.60. The SMILES string of the molecule is CC#CN(C)c1c(C)c(-c2ccc(OC(F)(F)F)cc2F)cc(CN)c1C#N. The summed E-state index contributed by atoms with van der Waals surface area (Å²) in [7, 11) is 1.65. The second kappa shape index (κ2) is 8.20. The second-order valence-corrected chi connectivity index (χ2v) is 5.86. The number of halogens is 4. The van der Waals surface area contributed by atoms with Crippen LogP contribution in [0.3, 0.4) is 0 Å². The summed E-state index contributed by atoms with van der Waals surface area (Å²) in [6.45, 7) is 3.33. The first-order valence-corrected chi connectivity index (χ1v) is 8.11. The number of ether oxygens (including phenoxy) is 1. The van der Waals surface area contributed by atoms with Crippen LogP contribution in [-0.2, 0) is 6.54 Å². The Hall–Kier alpha value is -3.23. The van der Waals surface area contributed by atoms with E-state index in [1.807, 2.05) is 0 Å². The predicted molar refractivity (Wildman–Crippen MR) is 97.7 cm³/mol. The summed E-state index contributed by atoms with van der Waals surface area (Å²) in [4.78, 5) is 1.54. The fraction of sp³-hybridized carbons (Fsp3) is 0.250. The highest BCUT2D eigenvalue weighted by molar-refractivity contribution is 5.81. The molecular formula is C20H17F4N3O. The van der Waals surface area contributed by atoms with Gasteiger partial charge >= 0.3 is 6.36 Å². The highest BCUT2D eigenvalue weighted by Crippen LogP contribution is 2.38. The number of rotatable bonds is 4. The van der Waals surface area contributed by atoms with Crippen molar-refractivity contribution in [2.24, 2.45) is 5.73 Å². The number of hydrogen-bond acceptors (Lipinski definition) is 4. The first kappa shape index (κ1) is 21.1. The Morgan fingerprint density at radius 2 is 1.89 bits per heavy atom. The van der Waals surface area contributed by atoms with Crippen LogP contribution < -0.4 is 15.4 Å². The first-order valence-electron chi connectivity index (χ1n) is 8.11. The van der Waals surface area contributed by atoms with Crippen molar-refractivity contribution in [2.75, 3.05) is 11.9 Å². The van der Waals surface area contributed by atoms with Gasteiger partial charge in [-0.1, -0.05) is 5.92 Å². The van der Waals surface area contributed by atoms with E-state index in [9.17, 15) is 22.8 Å². The molecule has 0 aliphatic rings. The molecule has 4 nitrogen and oxygen atoms in total. The van der Waals surface area contributed by atoms with Crippen LogP contribution in [0.25, 0.3) is 11.1 Å². The van der Waals surface area contributed by atoms with Gasteiger partial charge in [0.05, 0.1) is 11.3 Å². The van der Waals surface area contributed by atoms with Gasteiger partial charge < -0.3 is 15.4 Å². The molecule has 0 saturated carbocycles. The molecule has 0 spiro atoms. The lowest BCUT2D eigenvalue weighted by Gasteiger charge is -2.22. The van der Waals surface area contributed by atoms with Gasteiger partial charge in [-0.05, 0) is 48.7 Å². The van der Waals surface area contributed by atoms with E-state index in [2.05, 4.69) is 22.8 Å². The van der Waals surface area contributed by atoms with Gasteiger partial charge in [0.15, 0.2) is 0 Å². The maximum atomic E-state index is 14.6. The Kier molecular flexibility index (Phi) is 6.17. The minimum atomic E-state index is -4.92. The summed E-state index contributed by atoms with van der Waals surface area (Å²) in [6.07, 6.45) is -4.92. The van der Waals surface area contributed by atoms with E-state index in [0.29, 0.717) is 34.0 Å². The van der Waals surface area contributed by atoms with Crippen LogP contribution in [0.5, 0.6) is 5.75 Å². The summed E-state index contributed by atoms with van der Waals surface area (Å²) in [5.74, 6) is 1.17. The van der Waals surface area contributed by atoms with Crippen LogP contribution in [0.15, 0.2) is 24.3 Å². The molecule has 2 aromatic rings. The molecule has 0 aliphatic carbocycles. The summed E-state index contributed by atoms with van der Waals surface area (Å²) in [6, 6.07) is 9.36. The highest BCUT2D eigenvalue weighted by Gasteiger charge is 2.31. The van der Waals surface area contributed by atoms with Gasteiger partial charge in [-0.25, -0.2) is 4.39 Å². The summed E-state index contributed by atoms with van der Waals surface area (Å²) in [5, 5.41) is 9.55. The molecular weight excluding hydrogens is 374 g/mol. The van der Waals surface area contributed by atoms with Gasteiger partial charge in [-0.3, -0.25) is 0 Å². The summed E-state index contributed by atoms with van der Waals surface area (Å²) in [5.41, 5.74) is 8.00. The van der Waals surface area contributed by atoms with Crippen molar-refractivity contribution in [3.8, 4) is 34.9 Å². The molecule has 0 bridgehead atoms. The van der Waals surface area contributed by atoms with Gasteiger partial charge in [0.1, 0.15) is 17.6 Å². The Morgan fingerprint density at radius 3 is 2.39 bits per heavy atom. The smallest absolute Gasteiger partial charge is 0.406 e. The van der Waals surface area contributed by atoms with E-state index < -0.39 is 17.9 Å². The van der Waals surface area contributed by atoms with Crippen molar-refractivity contribution in [1.29, 1.82) is 5.26 Å². The molecule has 0 saturated heterocycles. The number of benzene rings is 2.